The minimum atomic E-state index is -1.29. The molecule has 0 bridgehead atoms. The average Bonchev–Trinajstić information content (AvgIpc) is 3.64. The van der Waals surface area contributed by atoms with Gasteiger partial charge in [-0.05, 0) is 29.8 Å². The number of tetrazole rings is 1. The molecular weight excluding hydrogens is 681 g/mol. The van der Waals surface area contributed by atoms with Gasteiger partial charge in [-0.2, -0.15) is 4.73 Å². The fourth-order valence-corrected chi connectivity index (χ4v) is 7.32. The molecule has 250 valence electrons. The number of nitrogens with one attached hydrogen (secondary N) is 1. The molecular formula is C25H28N10O9S3. The number of carboxylic acid groups (broad SMARTS) is 1. The first-order valence-electron chi connectivity index (χ1n) is 13.6. The number of carbonyl (C=O) groups excluding carboxylic acids is 2. The number of aromatic hydroxyl groups is 1. The lowest BCUT2D eigenvalue weighted by molar-refractivity contribution is -0.150. The summed E-state index contributed by atoms with van der Waals surface area (Å²) in [4.78, 5) is 62.1. The Morgan fingerprint density at radius 1 is 1.32 bits per heavy atom. The number of anilines is 1. The van der Waals surface area contributed by atoms with Gasteiger partial charge in [0.2, 0.25) is 10.6 Å². The van der Waals surface area contributed by atoms with Crippen LogP contribution in [-0.2, 0) is 31.0 Å². The Kier molecular flexibility index (Phi) is 10.0. The molecule has 2 aliphatic rings. The molecule has 1 unspecified atom stereocenters. The number of hydrogen-bond donors (Lipinski definition) is 5. The topological polar surface area (TPSA) is 262 Å². The number of amides is 2. The number of nitrogens with two attached hydrogens (primary N) is 1. The van der Waals surface area contributed by atoms with E-state index < -0.39 is 52.2 Å². The molecule has 47 heavy (non-hydrogen) atoms. The van der Waals surface area contributed by atoms with E-state index in [0.29, 0.717) is 15.5 Å². The van der Waals surface area contributed by atoms with Crippen LogP contribution in [0.5, 0.6) is 5.75 Å². The summed E-state index contributed by atoms with van der Waals surface area (Å²) in [5, 5.41) is 49.1. The second-order valence-electron chi connectivity index (χ2n) is 10.3. The van der Waals surface area contributed by atoms with Crippen molar-refractivity contribution < 1.29 is 39.4 Å². The number of pyridine rings is 1. The molecule has 2 amide bonds. The second kappa shape index (κ2) is 14.0. The van der Waals surface area contributed by atoms with E-state index >= 15 is 0 Å². The Labute approximate surface area is 277 Å². The lowest BCUT2D eigenvalue weighted by Crippen LogP contribution is -2.71. The van der Waals surface area contributed by atoms with Gasteiger partial charge in [-0.1, -0.05) is 16.9 Å². The first-order chi connectivity index (χ1) is 22.3. The van der Waals surface area contributed by atoms with Crippen LogP contribution >= 0.6 is 34.9 Å². The molecule has 3 aromatic rings. The first-order valence-corrected chi connectivity index (χ1v) is 16.5. The standard InChI is InChI=1S/C25H28N10O9S3/c1-10(2)43-6-16(13-4-14(36)15(37)5-34(13)42)44-30-17(12-9-46-24(26)27-12)20(38)28-18-21(39)35-19(23(40)41)11(7-45-22(18)35)8-47-25-29-31-32-33(25)3/h4-5,9-10,16,18,22,37,42H,6-8H2,1-3H3,(H2,26,27)(H,28,38)(H,40,41)/b30-17-/t16?,18-,22-/m1/s1. The molecule has 0 aromatic carbocycles. The first kappa shape index (κ1) is 33.7. The Hall–Kier alpha value is -4.67. The summed E-state index contributed by atoms with van der Waals surface area (Å²) in [7, 11) is 1.65. The number of aromatic nitrogens is 6. The summed E-state index contributed by atoms with van der Waals surface area (Å²) in [6, 6.07) is -0.188. The number of aliphatic carboxylic acids is 1. The molecule has 2 aliphatic heterocycles. The molecule has 1 saturated heterocycles. The van der Waals surface area contributed by atoms with Crippen molar-refractivity contribution in [1.29, 1.82) is 0 Å². The van der Waals surface area contributed by atoms with E-state index in [0.717, 1.165) is 28.5 Å². The van der Waals surface area contributed by atoms with E-state index in [1.54, 1.807) is 20.9 Å². The van der Waals surface area contributed by atoms with Gasteiger partial charge in [0.1, 0.15) is 28.5 Å². The van der Waals surface area contributed by atoms with Gasteiger partial charge in [0.25, 0.3) is 11.8 Å². The maximum absolute atomic E-state index is 13.6. The summed E-state index contributed by atoms with van der Waals surface area (Å²) in [6.07, 6.45) is -0.773. The number of nitrogens with zero attached hydrogens (tertiary/aromatic N) is 8. The van der Waals surface area contributed by atoms with E-state index in [9.17, 15) is 34.6 Å². The highest BCUT2D eigenvalue weighted by Crippen LogP contribution is 2.41. The van der Waals surface area contributed by atoms with Crippen LogP contribution in [0.15, 0.2) is 44.0 Å². The van der Waals surface area contributed by atoms with Crippen LogP contribution in [0.4, 0.5) is 5.13 Å². The minimum absolute atomic E-state index is 0.00393. The molecule has 22 heteroatoms. The average molecular weight is 709 g/mol. The molecule has 3 aromatic heterocycles. The number of thiazole rings is 1. The van der Waals surface area contributed by atoms with Crippen molar-refractivity contribution in [3.8, 4) is 5.75 Å². The number of oxime groups is 1. The van der Waals surface area contributed by atoms with Crippen molar-refractivity contribution >= 4 is 63.5 Å². The molecule has 0 saturated carbocycles. The summed E-state index contributed by atoms with van der Waals surface area (Å²) in [5.41, 5.74) is 4.77. The Morgan fingerprint density at radius 2 is 2.09 bits per heavy atom. The minimum Gasteiger partial charge on any atom is -0.503 e. The van der Waals surface area contributed by atoms with Crippen LogP contribution in [0.3, 0.4) is 0 Å². The molecule has 3 atom stereocenters. The van der Waals surface area contributed by atoms with E-state index in [2.05, 4.69) is 31.0 Å². The number of aryl methyl sites for hydroxylation is 1. The smallest absolute Gasteiger partial charge is 0.352 e. The van der Waals surface area contributed by atoms with E-state index in [-0.39, 0.29) is 46.4 Å². The van der Waals surface area contributed by atoms with Gasteiger partial charge in [-0.15, -0.1) is 28.2 Å². The molecule has 0 aliphatic carbocycles. The summed E-state index contributed by atoms with van der Waals surface area (Å²) in [5.74, 6) is -3.05. The van der Waals surface area contributed by atoms with E-state index in [1.807, 2.05) is 0 Å². The van der Waals surface area contributed by atoms with Gasteiger partial charge >= 0.3 is 5.97 Å². The monoisotopic (exact) mass is 708 g/mol. The maximum Gasteiger partial charge on any atom is 0.352 e. The highest BCUT2D eigenvalue weighted by Gasteiger charge is 2.54. The summed E-state index contributed by atoms with van der Waals surface area (Å²) < 4.78 is 7.50. The number of thioether (sulfide) groups is 2. The predicted octanol–water partition coefficient (Wildman–Crippen LogP) is -0.229. The maximum atomic E-state index is 13.6. The van der Waals surface area contributed by atoms with Crippen molar-refractivity contribution in [3.05, 3.63) is 50.5 Å². The molecule has 6 N–H and O–H groups in total. The zero-order valence-electron chi connectivity index (χ0n) is 24.8. The third-order valence-corrected chi connectivity index (χ3v) is 9.81. The van der Waals surface area contributed by atoms with E-state index in [1.165, 1.54) is 33.6 Å². The third kappa shape index (κ3) is 7.18. The Morgan fingerprint density at radius 3 is 2.72 bits per heavy atom. The Balaban J connectivity index is 1.37. The van der Waals surface area contributed by atoms with Gasteiger partial charge in [0.05, 0.1) is 18.9 Å². The van der Waals surface area contributed by atoms with Gasteiger partial charge in [0.15, 0.2) is 22.7 Å². The molecule has 0 spiro atoms. The van der Waals surface area contributed by atoms with Crippen molar-refractivity contribution in [2.75, 3.05) is 23.8 Å². The number of hydrogen-bond acceptors (Lipinski definition) is 17. The zero-order valence-corrected chi connectivity index (χ0v) is 27.3. The van der Waals surface area contributed by atoms with Crippen molar-refractivity contribution in [2.24, 2.45) is 12.2 Å². The molecule has 0 radical (unpaired) electrons. The summed E-state index contributed by atoms with van der Waals surface area (Å²) in [6.45, 7) is 3.25. The fraction of sp³-hybridized carbons (Fsp3) is 0.400. The third-order valence-electron chi connectivity index (χ3n) is 6.70. The fourth-order valence-electron chi connectivity index (χ4n) is 4.43. The molecule has 19 nitrogen and oxygen atoms in total. The van der Waals surface area contributed by atoms with Crippen molar-refractivity contribution in [2.45, 2.75) is 42.6 Å². The molecule has 5 rings (SSSR count). The number of carboxylic acids is 1. The number of β-lactam (4-membered cyclic amide) rings is 1. The van der Waals surface area contributed by atoms with Crippen LogP contribution in [0.2, 0.25) is 0 Å². The normalized spacial score (nSPS) is 18.6. The molecule has 5 heterocycles. The van der Waals surface area contributed by atoms with Gasteiger partial charge in [-0.3, -0.25) is 19.3 Å². The number of fused-ring (bicyclic) bond motifs is 1. The highest BCUT2D eigenvalue weighted by molar-refractivity contribution is 8.01. The van der Waals surface area contributed by atoms with Gasteiger partial charge < -0.3 is 36.0 Å². The Bertz CT molecular complexity index is 1820. The largest absolute Gasteiger partial charge is 0.503 e. The van der Waals surface area contributed by atoms with Crippen molar-refractivity contribution in [3.63, 3.8) is 0 Å². The second-order valence-corrected chi connectivity index (χ2v) is 13.2. The lowest BCUT2D eigenvalue weighted by Gasteiger charge is -2.49. The van der Waals surface area contributed by atoms with E-state index in [4.69, 9.17) is 15.3 Å². The number of nitrogen functional groups attached to an aromatic ring is 1. The van der Waals surface area contributed by atoms with Crippen molar-refractivity contribution in [1.82, 2.24) is 40.1 Å². The number of ether oxygens (including phenoxy) is 1. The van der Waals surface area contributed by atoms with Crippen LogP contribution in [-0.4, -0.2) is 109 Å². The van der Waals surface area contributed by atoms with Crippen LogP contribution in [0.1, 0.15) is 31.3 Å². The molecule has 1 fully saturated rings. The highest BCUT2D eigenvalue weighted by atomic mass is 32.2. The number of rotatable bonds is 13. The quantitative estimate of drug-likeness (QED) is 0.0505. The van der Waals surface area contributed by atoms with Gasteiger partial charge in [-0.25, -0.2) is 14.5 Å². The zero-order chi connectivity index (χ0) is 34.0. The lowest BCUT2D eigenvalue weighted by atomic mass is 10.0. The van der Waals surface area contributed by atoms with Crippen LogP contribution in [0, 0.1) is 0 Å². The van der Waals surface area contributed by atoms with Crippen LogP contribution in [0.25, 0.3) is 0 Å². The van der Waals surface area contributed by atoms with Gasteiger partial charge in [0, 0.05) is 30.0 Å². The predicted molar refractivity (Wildman–Crippen MR) is 167 cm³/mol. The van der Waals surface area contributed by atoms with Crippen LogP contribution < -0.4 is 16.5 Å². The summed E-state index contributed by atoms with van der Waals surface area (Å²) >= 11 is 3.51. The number of carbonyl (C=O) groups is 3. The SMILES string of the molecule is CC(C)OCC(O/N=C(\C(=O)N[C@@H]1C(=O)N2C(C(=O)O)=C(CSc3nnnn3C)CS[C@H]12)c1csc(N)n1)c1cc(=O)c(O)cn1O.